The van der Waals surface area contributed by atoms with E-state index >= 15 is 0 Å². The van der Waals surface area contributed by atoms with E-state index in [1.165, 1.54) is 5.56 Å². The van der Waals surface area contributed by atoms with E-state index in [1.807, 2.05) is 18.2 Å². The number of hydrogen-bond acceptors (Lipinski definition) is 3. The molecule has 0 radical (unpaired) electrons. The quantitative estimate of drug-likeness (QED) is 0.804. The fraction of sp³-hybridized carbons (Fsp3) is 0.417. The van der Waals surface area contributed by atoms with Crippen LogP contribution < -0.4 is 5.32 Å². The minimum atomic E-state index is -0.107. The second-order valence-electron chi connectivity index (χ2n) is 3.95. The molecule has 1 aromatic carbocycles. The molecular weight excluding hydrogens is 188 g/mol. The van der Waals surface area contributed by atoms with E-state index in [1.54, 1.807) is 0 Å². The molecule has 1 aromatic rings. The van der Waals surface area contributed by atoms with Crippen molar-refractivity contribution in [3.05, 3.63) is 35.9 Å². The molecule has 2 rings (SSSR count). The maximum atomic E-state index is 8.72. The van der Waals surface area contributed by atoms with Crippen molar-refractivity contribution in [1.29, 1.82) is 5.26 Å². The van der Waals surface area contributed by atoms with Gasteiger partial charge < -0.3 is 10.1 Å². The standard InChI is InChI=1S/C12H14N2O/c13-7-6-12(9-15-10-12)14-8-11-4-2-1-3-5-11/h1-5,14H,6,8-10H2. The normalized spacial score (nSPS) is 17.8. The topological polar surface area (TPSA) is 45.0 Å². The average Bonchev–Trinajstić information content (AvgIpc) is 2.23. The molecule has 3 nitrogen and oxygen atoms in total. The number of hydrogen-bond donors (Lipinski definition) is 1. The predicted octanol–water partition coefficient (Wildman–Crippen LogP) is 1.46. The molecule has 0 aliphatic carbocycles. The smallest absolute Gasteiger partial charge is 0.0787 e. The van der Waals surface area contributed by atoms with Crippen LogP contribution in [-0.2, 0) is 11.3 Å². The summed E-state index contributed by atoms with van der Waals surface area (Å²) in [4.78, 5) is 0. The summed E-state index contributed by atoms with van der Waals surface area (Å²) in [5.74, 6) is 0. The summed E-state index contributed by atoms with van der Waals surface area (Å²) in [6.07, 6.45) is 0.514. The van der Waals surface area contributed by atoms with Gasteiger partial charge in [0.05, 0.1) is 31.2 Å². The van der Waals surface area contributed by atoms with Gasteiger partial charge in [-0.25, -0.2) is 0 Å². The number of benzene rings is 1. The molecule has 0 spiro atoms. The van der Waals surface area contributed by atoms with Gasteiger partial charge in [-0.2, -0.15) is 5.26 Å². The molecule has 0 saturated carbocycles. The molecule has 0 unspecified atom stereocenters. The van der Waals surface area contributed by atoms with Crippen molar-refractivity contribution in [2.24, 2.45) is 0 Å². The van der Waals surface area contributed by atoms with Crippen molar-refractivity contribution in [1.82, 2.24) is 5.32 Å². The van der Waals surface area contributed by atoms with E-state index in [9.17, 15) is 0 Å². The van der Waals surface area contributed by atoms with Crippen LogP contribution in [0.25, 0.3) is 0 Å². The fourth-order valence-corrected chi connectivity index (χ4v) is 1.65. The molecule has 15 heavy (non-hydrogen) atoms. The zero-order valence-electron chi connectivity index (χ0n) is 8.57. The second-order valence-corrected chi connectivity index (χ2v) is 3.95. The van der Waals surface area contributed by atoms with Gasteiger partial charge in [-0.3, -0.25) is 0 Å². The highest BCUT2D eigenvalue weighted by Gasteiger charge is 2.37. The number of nitriles is 1. The van der Waals surface area contributed by atoms with E-state index < -0.39 is 0 Å². The van der Waals surface area contributed by atoms with Crippen LogP contribution in [-0.4, -0.2) is 18.8 Å². The van der Waals surface area contributed by atoms with Crippen LogP contribution in [0.2, 0.25) is 0 Å². The summed E-state index contributed by atoms with van der Waals surface area (Å²) in [7, 11) is 0. The monoisotopic (exact) mass is 202 g/mol. The average molecular weight is 202 g/mol. The lowest BCUT2D eigenvalue weighted by Crippen LogP contribution is -2.59. The molecule has 1 heterocycles. The van der Waals surface area contributed by atoms with Gasteiger partial charge in [0.1, 0.15) is 0 Å². The summed E-state index contributed by atoms with van der Waals surface area (Å²) >= 11 is 0. The SMILES string of the molecule is N#CCC1(NCc2ccccc2)COC1. The maximum absolute atomic E-state index is 8.72. The van der Waals surface area contributed by atoms with E-state index in [0.717, 1.165) is 6.54 Å². The first-order valence-electron chi connectivity index (χ1n) is 5.08. The van der Waals surface area contributed by atoms with Crippen LogP contribution in [0.3, 0.4) is 0 Å². The molecule has 1 aliphatic heterocycles. The Balaban J connectivity index is 1.90. The van der Waals surface area contributed by atoms with Crippen LogP contribution in [0.4, 0.5) is 0 Å². The third-order valence-electron chi connectivity index (χ3n) is 2.68. The fourth-order valence-electron chi connectivity index (χ4n) is 1.65. The Morgan fingerprint density at radius 3 is 2.60 bits per heavy atom. The van der Waals surface area contributed by atoms with Gasteiger partial charge in [-0.15, -0.1) is 0 Å². The van der Waals surface area contributed by atoms with Crippen LogP contribution in [0.1, 0.15) is 12.0 Å². The lowest BCUT2D eigenvalue weighted by atomic mass is 9.93. The Kier molecular flexibility index (Phi) is 3.00. The van der Waals surface area contributed by atoms with Crippen molar-refractivity contribution in [3.63, 3.8) is 0 Å². The van der Waals surface area contributed by atoms with Crippen molar-refractivity contribution in [3.8, 4) is 6.07 Å². The first kappa shape index (κ1) is 10.2. The summed E-state index contributed by atoms with van der Waals surface area (Å²) < 4.78 is 5.17. The lowest BCUT2D eigenvalue weighted by molar-refractivity contribution is -0.0727. The molecule has 0 amide bonds. The molecule has 1 saturated heterocycles. The van der Waals surface area contributed by atoms with Gasteiger partial charge in [-0.05, 0) is 5.56 Å². The predicted molar refractivity (Wildman–Crippen MR) is 57.1 cm³/mol. The van der Waals surface area contributed by atoms with Gasteiger partial charge in [0, 0.05) is 6.54 Å². The van der Waals surface area contributed by atoms with Crippen LogP contribution >= 0.6 is 0 Å². The van der Waals surface area contributed by atoms with E-state index in [0.29, 0.717) is 19.6 Å². The molecule has 0 bridgehead atoms. The molecule has 1 fully saturated rings. The maximum Gasteiger partial charge on any atom is 0.0787 e. The minimum Gasteiger partial charge on any atom is -0.377 e. The Morgan fingerprint density at radius 2 is 2.07 bits per heavy atom. The van der Waals surface area contributed by atoms with Crippen molar-refractivity contribution in [2.75, 3.05) is 13.2 Å². The van der Waals surface area contributed by atoms with Gasteiger partial charge in [0.25, 0.3) is 0 Å². The minimum absolute atomic E-state index is 0.107. The van der Waals surface area contributed by atoms with Gasteiger partial charge in [0.2, 0.25) is 0 Å². The first-order valence-corrected chi connectivity index (χ1v) is 5.08. The van der Waals surface area contributed by atoms with Crippen molar-refractivity contribution >= 4 is 0 Å². The van der Waals surface area contributed by atoms with Gasteiger partial charge in [-0.1, -0.05) is 30.3 Å². The Morgan fingerprint density at radius 1 is 1.33 bits per heavy atom. The molecule has 0 aromatic heterocycles. The zero-order valence-corrected chi connectivity index (χ0v) is 8.57. The summed E-state index contributed by atoms with van der Waals surface area (Å²) in [6.45, 7) is 2.09. The first-order chi connectivity index (χ1) is 7.35. The summed E-state index contributed by atoms with van der Waals surface area (Å²) in [5.41, 5.74) is 1.13. The van der Waals surface area contributed by atoms with Crippen LogP contribution in [0.15, 0.2) is 30.3 Å². The molecule has 3 heteroatoms. The Hall–Kier alpha value is -1.37. The number of rotatable bonds is 4. The largest absolute Gasteiger partial charge is 0.377 e. The summed E-state index contributed by atoms with van der Waals surface area (Å²) in [6, 6.07) is 12.4. The van der Waals surface area contributed by atoms with Crippen LogP contribution in [0.5, 0.6) is 0 Å². The summed E-state index contributed by atoms with van der Waals surface area (Å²) in [5, 5.41) is 12.1. The van der Waals surface area contributed by atoms with Crippen molar-refractivity contribution in [2.45, 2.75) is 18.5 Å². The third-order valence-corrected chi connectivity index (χ3v) is 2.68. The second kappa shape index (κ2) is 4.43. The lowest BCUT2D eigenvalue weighted by Gasteiger charge is -2.40. The van der Waals surface area contributed by atoms with E-state index in [2.05, 4.69) is 23.5 Å². The zero-order chi connectivity index (χ0) is 10.6. The van der Waals surface area contributed by atoms with Gasteiger partial charge in [0.15, 0.2) is 0 Å². The van der Waals surface area contributed by atoms with Crippen molar-refractivity contribution < 1.29 is 4.74 Å². The number of nitrogens with zero attached hydrogens (tertiary/aromatic N) is 1. The highest BCUT2D eigenvalue weighted by atomic mass is 16.5. The molecule has 0 atom stereocenters. The third kappa shape index (κ3) is 2.35. The Bertz CT molecular complexity index is 352. The van der Waals surface area contributed by atoms with E-state index in [-0.39, 0.29) is 5.54 Å². The van der Waals surface area contributed by atoms with Crippen LogP contribution in [0, 0.1) is 11.3 Å². The van der Waals surface area contributed by atoms with Gasteiger partial charge >= 0.3 is 0 Å². The number of ether oxygens (including phenoxy) is 1. The number of nitrogens with one attached hydrogen (secondary N) is 1. The molecule has 78 valence electrons. The molecule has 1 aliphatic rings. The Labute approximate surface area is 89.7 Å². The molecule has 1 N–H and O–H groups in total. The highest BCUT2D eigenvalue weighted by Crippen LogP contribution is 2.21. The molecular formula is C12H14N2O. The van der Waals surface area contributed by atoms with E-state index in [4.69, 9.17) is 10.00 Å². The highest BCUT2D eigenvalue weighted by molar-refractivity contribution is 5.15.